The normalized spacial score (nSPS) is 10.3. The molecule has 0 spiro atoms. The van der Waals surface area contributed by atoms with Gasteiger partial charge in [0.1, 0.15) is 5.69 Å². The predicted octanol–water partition coefficient (Wildman–Crippen LogP) is 3.62. The van der Waals surface area contributed by atoms with Gasteiger partial charge in [-0.3, -0.25) is 10.1 Å². The summed E-state index contributed by atoms with van der Waals surface area (Å²) in [5.41, 5.74) is 2.91. The summed E-state index contributed by atoms with van der Waals surface area (Å²) < 4.78 is 0. The van der Waals surface area contributed by atoms with E-state index in [0.717, 1.165) is 12.0 Å². The molecule has 0 atom stereocenters. The van der Waals surface area contributed by atoms with Gasteiger partial charge in [0.05, 0.1) is 4.92 Å². The predicted molar refractivity (Wildman–Crippen MR) is 74.3 cm³/mol. The maximum atomic E-state index is 10.9. The molecular weight excluding hydrogens is 248 g/mol. The van der Waals surface area contributed by atoms with Crippen molar-refractivity contribution in [3.05, 3.63) is 56.3 Å². The van der Waals surface area contributed by atoms with Gasteiger partial charge in [0.25, 0.3) is 5.69 Å². The summed E-state index contributed by atoms with van der Waals surface area (Å²) in [5.74, 6) is 0. The van der Waals surface area contributed by atoms with Crippen molar-refractivity contribution in [2.45, 2.75) is 13.3 Å². The van der Waals surface area contributed by atoms with Crippen molar-refractivity contribution in [1.29, 1.82) is 0 Å². The molecule has 18 heavy (non-hydrogen) atoms. The minimum atomic E-state index is -0.347. The Balaban J connectivity index is 2.06. The summed E-state index contributed by atoms with van der Waals surface area (Å²) in [6.07, 6.45) is 0.870. The Hall–Kier alpha value is -1.88. The molecular formula is C13H14N2O2S. The summed E-state index contributed by atoms with van der Waals surface area (Å²) in [5, 5.41) is 18.2. The fraction of sp³-hybridized carbons (Fsp3) is 0.231. The van der Waals surface area contributed by atoms with Gasteiger partial charge in [0.2, 0.25) is 0 Å². The van der Waals surface area contributed by atoms with Crippen LogP contribution in [0, 0.1) is 17.0 Å². The maximum absolute atomic E-state index is 10.9. The molecule has 0 aliphatic carbocycles. The molecule has 0 fully saturated rings. The van der Waals surface area contributed by atoms with E-state index in [1.54, 1.807) is 17.4 Å². The number of benzene rings is 1. The SMILES string of the molecule is Cc1cccc([N+](=O)[O-])c1NCCc1ccsc1. The third-order valence-electron chi connectivity index (χ3n) is 2.74. The van der Waals surface area contributed by atoms with Gasteiger partial charge in [0.15, 0.2) is 0 Å². The Labute approximate surface area is 109 Å². The molecule has 1 N–H and O–H groups in total. The number of para-hydroxylation sites is 1. The fourth-order valence-corrected chi connectivity index (χ4v) is 2.50. The summed E-state index contributed by atoms with van der Waals surface area (Å²) in [6.45, 7) is 2.57. The quantitative estimate of drug-likeness (QED) is 0.661. The number of aryl methyl sites for hydroxylation is 1. The van der Waals surface area contributed by atoms with Crippen LogP contribution in [-0.2, 0) is 6.42 Å². The van der Waals surface area contributed by atoms with Gasteiger partial charge in [0, 0.05) is 12.6 Å². The Kier molecular flexibility index (Phi) is 3.94. The maximum Gasteiger partial charge on any atom is 0.292 e. The summed E-state index contributed by atoms with van der Waals surface area (Å²) >= 11 is 1.66. The van der Waals surface area contributed by atoms with Gasteiger partial charge >= 0.3 is 0 Å². The van der Waals surface area contributed by atoms with Crippen LogP contribution in [0.25, 0.3) is 0 Å². The topological polar surface area (TPSA) is 55.2 Å². The van der Waals surface area contributed by atoms with Crippen molar-refractivity contribution in [2.24, 2.45) is 0 Å². The van der Waals surface area contributed by atoms with Crippen LogP contribution >= 0.6 is 11.3 Å². The van der Waals surface area contributed by atoms with Gasteiger partial charge in [-0.05, 0) is 41.3 Å². The summed E-state index contributed by atoms with van der Waals surface area (Å²) in [7, 11) is 0. The second kappa shape index (κ2) is 5.64. The van der Waals surface area contributed by atoms with Crippen LogP contribution in [0.3, 0.4) is 0 Å². The van der Waals surface area contributed by atoms with Crippen LogP contribution in [0.15, 0.2) is 35.0 Å². The van der Waals surface area contributed by atoms with Crippen LogP contribution in [-0.4, -0.2) is 11.5 Å². The minimum absolute atomic E-state index is 0.139. The molecule has 0 amide bonds. The van der Waals surface area contributed by atoms with E-state index in [1.807, 2.05) is 18.4 Å². The zero-order chi connectivity index (χ0) is 13.0. The third kappa shape index (κ3) is 2.87. The van der Waals surface area contributed by atoms with E-state index in [0.29, 0.717) is 12.2 Å². The minimum Gasteiger partial charge on any atom is -0.379 e. The molecule has 0 saturated carbocycles. The first-order valence-electron chi connectivity index (χ1n) is 5.67. The average molecular weight is 262 g/mol. The molecule has 1 aromatic heterocycles. The van der Waals surface area contributed by atoms with Crippen LogP contribution in [0.2, 0.25) is 0 Å². The van der Waals surface area contributed by atoms with Gasteiger partial charge in [-0.25, -0.2) is 0 Å². The molecule has 94 valence electrons. The fourth-order valence-electron chi connectivity index (χ4n) is 1.80. The lowest BCUT2D eigenvalue weighted by Gasteiger charge is -2.09. The van der Waals surface area contributed by atoms with E-state index in [2.05, 4.69) is 16.8 Å². The van der Waals surface area contributed by atoms with Gasteiger partial charge in [-0.15, -0.1) is 0 Å². The van der Waals surface area contributed by atoms with E-state index in [4.69, 9.17) is 0 Å². The second-order valence-corrected chi connectivity index (χ2v) is 4.81. The van der Waals surface area contributed by atoms with Crippen LogP contribution in [0.5, 0.6) is 0 Å². The molecule has 0 saturated heterocycles. The van der Waals surface area contributed by atoms with E-state index < -0.39 is 0 Å². The summed E-state index contributed by atoms with van der Waals surface area (Å²) in [6, 6.07) is 7.18. The first-order valence-corrected chi connectivity index (χ1v) is 6.61. The highest BCUT2D eigenvalue weighted by Crippen LogP contribution is 2.27. The Bertz CT molecular complexity index is 538. The van der Waals surface area contributed by atoms with Crippen LogP contribution < -0.4 is 5.32 Å². The Morgan fingerprint density at radius 2 is 2.22 bits per heavy atom. The number of anilines is 1. The standard InChI is InChI=1S/C13H14N2O2S/c1-10-3-2-4-12(15(16)17)13(10)14-7-5-11-6-8-18-9-11/h2-4,6,8-9,14H,5,7H2,1H3. The number of nitrogens with one attached hydrogen (secondary N) is 1. The first kappa shape index (κ1) is 12.6. The van der Waals surface area contributed by atoms with Crippen molar-refractivity contribution in [2.75, 3.05) is 11.9 Å². The lowest BCUT2D eigenvalue weighted by Crippen LogP contribution is -2.07. The van der Waals surface area contributed by atoms with E-state index in [9.17, 15) is 10.1 Å². The summed E-state index contributed by atoms with van der Waals surface area (Å²) in [4.78, 5) is 10.6. The molecule has 1 heterocycles. The van der Waals surface area contributed by atoms with Crippen molar-refractivity contribution in [3.63, 3.8) is 0 Å². The molecule has 2 rings (SSSR count). The van der Waals surface area contributed by atoms with Gasteiger partial charge in [-0.2, -0.15) is 11.3 Å². The van der Waals surface area contributed by atoms with Gasteiger partial charge in [-0.1, -0.05) is 12.1 Å². The van der Waals surface area contributed by atoms with E-state index in [-0.39, 0.29) is 10.6 Å². The largest absolute Gasteiger partial charge is 0.379 e. The van der Waals surface area contributed by atoms with Crippen LogP contribution in [0.4, 0.5) is 11.4 Å². The lowest BCUT2D eigenvalue weighted by atomic mass is 10.1. The van der Waals surface area contributed by atoms with Gasteiger partial charge < -0.3 is 5.32 Å². The lowest BCUT2D eigenvalue weighted by molar-refractivity contribution is -0.384. The van der Waals surface area contributed by atoms with Crippen molar-refractivity contribution in [1.82, 2.24) is 0 Å². The zero-order valence-corrected chi connectivity index (χ0v) is 10.9. The molecule has 5 heteroatoms. The number of hydrogen-bond donors (Lipinski definition) is 1. The molecule has 0 unspecified atom stereocenters. The Morgan fingerprint density at radius 3 is 2.89 bits per heavy atom. The van der Waals surface area contributed by atoms with Crippen molar-refractivity contribution in [3.8, 4) is 0 Å². The monoisotopic (exact) mass is 262 g/mol. The molecule has 0 aliphatic rings. The van der Waals surface area contributed by atoms with Crippen molar-refractivity contribution >= 4 is 22.7 Å². The number of nitro benzene ring substituents is 1. The van der Waals surface area contributed by atoms with E-state index in [1.165, 1.54) is 11.6 Å². The molecule has 0 bridgehead atoms. The highest BCUT2D eigenvalue weighted by molar-refractivity contribution is 7.07. The number of rotatable bonds is 5. The molecule has 2 aromatic rings. The molecule has 0 aliphatic heterocycles. The number of nitrogens with zero attached hydrogens (tertiary/aromatic N) is 1. The second-order valence-electron chi connectivity index (χ2n) is 4.03. The zero-order valence-electron chi connectivity index (χ0n) is 10.1. The number of thiophene rings is 1. The number of nitro groups is 1. The molecule has 4 nitrogen and oxygen atoms in total. The first-order chi connectivity index (χ1) is 8.68. The molecule has 0 radical (unpaired) electrons. The highest BCUT2D eigenvalue weighted by atomic mass is 32.1. The number of hydrogen-bond acceptors (Lipinski definition) is 4. The van der Waals surface area contributed by atoms with Crippen molar-refractivity contribution < 1.29 is 4.92 Å². The van der Waals surface area contributed by atoms with Crippen LogP contribution in [0.1, 0.15) is 11.1 Å². The Morgan fingerprint density at radius 1 is 1.39 bits per heavy atom. The van der Waals surface area contributed by atoms with E-state index >= 15 is 0 Å². The average Bonchev–Trinajstić information content (AvgIpc) is 2.84. The smallest absolute Gasteiger partial charge is 0.292 e. The highest BCUT2D eigenvalue weighted by Gasteiger charge is 2.14. The molecule has 1 aromatic carbocycles. The third-order valence-corrected chi connectivity index (χ3v) is 3.48.